The molecular formula is C26H31ClN4O2. The van der Waals surface area contributed by atoms with Crippen molar-refractivity contribution in [3.63, 3.8) is 0 Å². The molecule has 0 aromatic heterocycles. The predicted molar refractivity (Wildman–Crippen MR) is 132 cm³/mol. The summed E-state index contributed by atoms with van der Waals surface area (Å²) in [6.07, 6.45) is 3.90. The van der Waals surface area contributed by atoms with Gasteiger partial charge in [0.05, 0.1) is 16.3 Å². The molecule has 0 radical (unpaired) electrons. The number of para-hydroxylation sites is 2. The van der Waals surface area contributed by atoms with Crippen LogP contribution in [0.15, 0.2) is 48.5 Å². The zero-order valence-corrected chi connectivity index (χ0v) is 19.6. The third-order valence-corrected chi connectivity index (χ3v) is 7.34. The lowest BCUT2D eigenvalue weighted by atomic mass is 10.0. The number of hydrogen-bond acceptors (Lipinski definition) is 4. The van der Waals surface area contributed by atoms with E-state index in [-0.39, 0.29) is 23.8 Å². The number of hydrogen-bond donors (Lipinski definition) is 1. The summed E-state index contributed by atoms with van der Waals surface area (Å²) in [7, 11) is 0. The summed E-state index contributed by atoms with van der Waals surface area (Å²) in [4.78, 5) is 32.1. The molecule has 2 amide bonds. The van der Waals surface area contributed by atoms with Crippen LogP contribution in [0.25, 0.3) is 0 Å². The number of carbonyl (C=O) groups excluding carboxylic acids is 2. The van der Waals surface area contributed by atoms with E-state index < -0.39 is 0 Å². The highest BCUT2D eigenvalue weighted by molar-refractivity contribution is 6.33. The standard InChI is InChI=1S/C26H31ClN4O2/c27-22-6-2-4-8-24(22)30-15-17-31(18-16-30)26(33)21-5-1-3-7-23(21)29-13-11-20(12-14-29)28-25(32)19-9-10-19/h1-8,19-20H,9-18H2,(H,28,32). The van der Waals surface area contributed by atoms with Gasteiger partial charge in [0.15, 0.2) is 0 Å². The van der Waals surface area contributed by atoms with Gasteiger partial charge in [0.2, 0.25) is 5.91 Å². The largest absolute Gasteiger partial charge is 0.371 e. The van der Waals surface area contributed by atoms with Crippen LogP contribution in [-0.4, -0.2) is 62.0 Å². The fraction of sp³-hybridized carbons (Fsp3) is 0.462. The van der Waals surface area contributed by atoms with Crippen molar-refractivity contribution in [2.75, 3.05) is 49.1 Å². The van der Waals surface area contributed by atoms with Crippen molar-refractivity contribution in [3.8, 4) is 0 Å². The highest BCUT2D eigenvalue weighted by Gasteiger charge is 2.32. The topological polar surface area (TPSA) is 55.9 Å². The Bertz CT molecular complexity index is 1010. The minimum Gasteiger partial charge on any atom is -0.371 e. The second kappa shape index (κ2) is 9.64. The Morgan fingerprint density at radius 1 is 0.758 bits per heavy atom. The molecule has 2 saturated heterocycles. The first-order valence-electron chi connectivity index (χ1n) is 12.0. The molecule has 1 saturated carbocycles. The first kappa shape index (κ1) is 22.1. The summed E-state index contributed by atoms with van der Waals surface area (Å²) in [5.74, 6) is 0.563. The van der Waals surface area contributed by atoms with Gasteiger partial charge in [0.1, 0.15) is 0 Å². The summed E-state index contributed by atoms with van der Waals surface area (Å²) in [5, 5.41) is 3.96. The monoisotopic (exact) mass is 466 g/mol. The number of carbonyl (C=O) groups is 2. The zero-order chi connectivity index (χ0) is 22.8. The Kier molecular flexibility index (Phi) is 6.45. The van der Waals surface area contributed by atoms with Gasteiger partial charge in [0.25, 0.3) is 5.91 Å². The van der Waals surface area contributed by atoms with Crippen molar-refractivity contribution in [2.45, 2.75) is 31.7 Å². The summed E-state index contributed by atoms with van der Waals surface area (Å²) in [6.45, 7) is 4.58. The Hall–Kier alpha value is -2.73. The molecule has 0 atom stereocenters. The molecule has 3 fully saturated rings. The second-order valence-electron chi connectivity index (χ2n) is 9.29. The Balaban J connectivity index is 1.21. The van der Waals surface area contributed by atoms with E-state index in [0.717, 1.165) is 73.8 Å². The Morgan fingerprint density at radius 3 is 2.03 bits per heavy atom. The average molecular weight is 467 g/mol. The lowest BCUT2D eigenvalue weighted by Crippen LogP contribution is -2.49. The molecule has 0 spiro atoms. The highest BCUT2D eigenvalue weighted by Crippen LogP contribution is 2.31. The third kappa shape index (κ3) is 4.96. The van der Waals surface area contributed by atoms with Crippen molar-refractivity contribution in [2.24, 2.45) is 5.92 Å². The van der Waals surface area contributed by atoms with Crippen molar-refractivity contribution in [3.05, 3.63) is 59.1 Å². The first-order valence-corrected chi connectivity index (χ1v) is 12.4. The van der Waals surface area contributed by atoms with Gasteiger partial charge in [-0.2, -0.15) is 0 Å². The van der Waals surface area contributed by atoms with Gasteiger partial charge in [-0.25, -0.2) is 0 Å². The predicted octanol–water partition coefficient (Wildman–Crippen LogP) is 3.80. The lowest BCUT2D eigenvalue weighted by Gasteiger charge is -2.38. The van der Waals surface area contributed by atoms with Gasteiger partial charge in [-0.1, -0.05) is 35.9 Å². The maximum Gasteiger partial charge on any atom is 0.256 e. The third-order valence-electron chi connectivity index (χ3n) is 7.02. The lowest BCUT2D eigenvalue weighted by molar-refractivity contribution is -0.123. The summed E-state index contributed by atoms with van der Waals surface area (Å²) < 4.78 is 0. The van der Waals surface area contributed by atoms with Gasteiger partial charge in [-0.15, -0.1) is 0 Å². The van der Waals surface area contributed by atoms with E-state index >= 15 is 0 Å². The van der Waals surface area contributed by atoms with Crippen LogP contribution in [0, 0.1) is 5.92 Å². The molecule has 0 unspecified atom stereocenters. The van der Waals surface area contributed by atoms with Crippen LogP contribution in [0.5, 0.6) is 0 Å². The van der Waals surface area contributed by atoms with E-state index in [4.69, 9.17) is 11.6 Å². The second-order valence-corrected chi connectivity index (χ2v) is 9.70. The SMILES string of the molecule is O=C(NC1CCN(c2ccccc2C(=O)N2CCN(c3ccccc3Cl)CC2)CC1)C1CC1. The normalized spacial score (nSPS) is 19.5. The minimum absolute atomic E-state index is 0.0913. The molecule has 5 rings (SSSR count). The van der Waals surface area contributed by atoms with Crippen molar-refractivity contribution in [1.82, 2.24) is 10.2 Å². The summed E-state index contributed by atoms with van der Waals surface area (Å²) >= 11 is 6.36. The molecule has 2 aromatic rings. The number of halogens is 1. The number of anilines is 2. The van der Waals surface area contributed by atoms with E-state index in [0.29, 0.717) is 13.1 Å². The van der Waals surface area contributed by atoms with Crippen LogP contribution in [0.2, 0.25) is 5.02 Å². The highest BCUT2D eigenvalue weighted by atomic mass is 35.5. The summed E-state index contributed by atoms with van der Waals surface area (Å²) in [6, 6.07) is 16.1. The molecule has 2 aliphatic heterocycles. The molecule has 174 valence electrons. The molecule has 3 aliphatic rings. The van der Waals surface area contributed by atoms with Crippen LogP contribution in [-0.2, 0) is 4.79 Å². The molecular weight excluding hydrogens is 436 g/mol. The van der Waals surface area contributed by atoms with E-state index in [9.17, 15) is 9.59 Å². The van der Waals surface area contributed by atoms with E-state index in [2.05, 4.69) is 21.2 Å². The Labute approximate surface area is 200 Å². The number of piperidine rings is 1. The molecule has 2 aromatic carbocycles. The quantitative estimate of drug-likeness (QED) is 0.728. The molecule has 6 nitrogen and oxygen atoms in total. The van der Waals surface area contributed by atoms with Gasteiger partial charge in [0, 0.05) is 56.9 Å². The van der Waals surface area contributed by atoms with Crippen molar-refractivity contribution < 1.29 is 9.59 Å². The fourth-order valence-corrected chi connectivity index (χ4v) is 5.14. The molecule has 1 aliphatic carbocycles. The Morgan fingerprint density at radius 2 is 1.36 bits per heavy atom. The smallest absolute Gasteiger partial charge is 0.256 e. The fourth-order valence-electron chi connectivity index (χ4n) is 4.89. The van der Waals surface area contributed by atoms with Gasteiger partial charge < -0.3 is 20.0 Å². The van der Waals surface area contributed by atoms with Crippen molar-refractivity contribution >= 4 is 34.8 Å². The molecule has 7 heteroatoms. The molecule has 1 N–H and O–H groups in total. The van der Waals surface area contributed by atoms with Gasteiger partial charge >= 0.3 is 0 Å². The first-order chi connectivity index (χ1) is 16.1. The average Bonchev–Trinajstić information content (AvgIpc) is 3.70. The summed E-state index contributed by atoms with van der Waals surface area (Å²) in [5.41, 5.74) is 2.80. The van der Waals surface area contributed by atoms with Gasteiger partial charge in [-0.3, -0.25) is 9.59 Å². The van der Waals surface area contributed by atoms with Gasteiger partial charge in [-0.05, 0) is 49.9 Å². The number of piperazine rings is 1. The van der Waals surface area contributed by atoms with Crippen LogP contribution in [0.3, 0.4) is 0 Å². The van der Waals surface area contributed by atoms with Crippen molar-refractivity contribution in [1.29, 1.82) is 0 Å². The number of nitrogens with zero attached hydrogens (tertiary/aromatic N) is 3. The molecule has 2 heterocycles. The van der Waals surface area contributed by atoms with Crippen LogP contribution < -0.4 is 15.1 Å². The van der Waals surface area contributed by atoms with E-state index in [1.807, 2.05) is 47.4 Å². The number of rotatable bonds is 5. The minimum atomic E-state index is 0.0913. The number of benzene rings is 2. The van der Waals surface area contributed by atoms with Crippen LogP contribution in [0.1, 0.15) is 36.0 Å². The van der Waals surface area contributed by atoms with E-state index in [1.54, 1.807) is 0 Å². The molecule has 0 bridgehead atoms. The zero-order valence-electron chi connectivity index (χ0n) is 18.9. The maximum atomic E-state index is 13.5. The van der Waals surface area contributed by atoms with Crippen LogP contribution in [0.4, 0.5) is 11.4 Å². The van der Waals surface area contributed by atoms with E-state index in [1.165, 1.54) is 0 Å². The molecule has 33 heavy (non-hydrogen) atoms. The number of amides is 2. The van der Waals surface area contributed by atoms with Crippen LogP contribution >= 0.6 is 11.6 Å². The maximum absolute atomic E-state index is 13.5. The number of nitrogens with one attached hydrogen (secondary N) is 1.